The van der Waals surface area contributed by atoms with Crippen molar-refractivity contribution in [3.05, 3.63) is 0 Å². The molecule has 0 aliphatic carbocycles. The minimum atomic E-state index is -3.36. The molecule has 0 radical (unpaired) electrons. The quantitative estimate of drug-likeness (QED) is 0.758. The first-order chi connectivity index (χ1) is 7.52. The first-order valence-electron chi connectivity index (χ1n) is 5.73. The summed E-state index contributed by atoms with van der Waals surface area (Å²) < 4.78 is 30.8. The number of piperidine rings is 1. The molecule has 5 nitrogen and oxygen atoms in total. The third-order valence-corrected chi connectivity index (χ3v) is 5.09. The summed E-state index contributed by atoms with van der Waals surface area (Å²) >= 11 is 0. The van der Waals surface area contributed by atoms with E-state index in [1.807, 2.05) is 6.92 Å². The molecule has 2 unspecified atom stereocenters. The minimum Gasteiger partial charge on any atom is -0.395 e. The molecule has 1 N–H and O–H groups in total. The van der Waals surface area contributed by atoms with Crippen LogP contribution in [0, 0.1) is 0 Å². The maximum Gasteiger partial charge on any atom is 0.219 e. The van der Waals surface area contributed by atoms with Gasteiger partial charge in [-0.15, -0.1) is 0 Å². The highest BCUT2D eigenvalue weighted by Gasteiger charge is 2.32. The molecule has 1 fully saturated rings. The van der Waals surface area contributed by atoms with Crippen LogP contribution in [0.2, 0.25) is 0 Å². The van der Waals surface area contributed by atoms with Gasteiger partial charge in [-0.05, 0) is 26.7 Å². The molecule has 0 spiro atoms. The van der Waals surface area contributed by atoms with E-state index in [1.165, 1.54) is 11.2 Å². The molecule has 0 aromatic carbocycles. The van der Waals surface area contributed by atoms with Crippen LogP contribution in [0.1, 0.15) is 26.7 Å². The van der Waals surface area contributed by atoms with Crippen LogP contribution in [0.15, 0.2) is 0 Å². The Hall–Kier alpha value is -0.170. The summed E-state index contributed by atoms with van der Waals surface area (Å²) in [5, 5.41) is 8.20. The van der Waals surface area contributed by atoms with Crippen LogP contribution in [0.5, 0.6) is 0 Å². The van der Waals surface area contributed by atoms with Crippen molar-refractivity contribution in [1.82, 2.24) is 4.31 Å². The van der Waals surface area contributed by atoms with Crippen LogP contribution in [-0.2, 0) is 14.8 Å². The molecule has 1 saturated heterocycles. The van der Waals surface area contributed by atoms with Gasteiger partial charge in [0.05, 0.1) is 18.0 Å². The number of sulfonamides is 1. The highest BCUT2D eigenvalue weighted by molar-refractivity contribution is 7.89. The Labute approximate surface area is 97.4 Å². The average Bonchev–Trinajstić information content (AvgIpc) is 2.28. The van der Waals surface area contributed by atoms with E-state index in [0.29, 0.717) is 19.7 Å². The summed E-state index contributed by atoms with van der Waals surface area (Å²) in [5.41, 5.74) is 0. The van der Waals surface area contributed by atoms with Gasteiger partial charge in [-0.3, -0.25) is 0 Å². The van der Waals surface area contributed by atoms with Gasteiger partial charge in [-0.1, -0.05) is 0 Å². The third-order valence-electron chi connectivity index (χ3n) is 2.87. The second kappa shape index (κ2) is 5.95. The van der Waals surface area contributed by atoms with Crippen LogP contribution in [-0.4, -0.2) is 55.5 Å². The summed E-state index contributed by atoms with van der Waals surface area (Å²) in [7, 11) is -3.36. The molecule has 0 aromatic rings. The molecule has 96 valence electrons. The van der Waals surface area contributed by atoms with Crippen molar-refractivity contribution in [1.29, 1.82) is 0 Å². The van der Waals surface area contributed by atoms with Gasteiger partial charge in [0.1, 0.15) is 0 Å². The molecule has 1 aliphatic rings. The highest BCUT2D eigenvalue weighted by Crippen LogP contribution is 2.18. The van der Waals surface area contributed by atoms with E-state index in [2.05, 4.69) is 0 Å². The normalized spacial score (nSPS) is 25.6. The van der Waals surface area contributed by atoms with Gasteiger partial charge >= 0.3 is 0 Å². The molecule has 6 heteroatoms. The maximum absolute atomic E-state index is 12.0. The van der Waals surface area contributed by atoms with Gasteiger partial charge < -0.3 is 9.84 Å². The lowest BCUT2D eigenvalue weighted by atomic mass is 10.1. The van der Waals surface area contributed by atoms with E-state index in [4.69, 9.17) is 9.84 Å². The zero-order valence-electron chi connectivity index (χ0n) is 9.92. The summed E-state index contributed by atoms with van der Waals surface area (Å²) in [6.07, 6.45) is 1.73. The van der Waals surface area contributed by atoms with Crippen LogP contribution in [0.4, 0.5) is 0 Å². The number of aliphatic hydroxyl groups excluding tert-OH is 1. The lowest BCUT2D eigenvalue weighted by Gasteiger charge is -2.33. The summed E-state index contributed by atoms with van der Waals surface area (Å²) in [4.78, 5) is 0. The number of hydrogen-bond acceptors (Lipinski definition) is 4. The Balaban J connectivity index is 2.66. The molecular weight excluding hydrogens is 230 g/mol. The Kier molecular flexibility index (Phi) is 5.17. The van der Waals surface area contributed by atoms with E-state index >= 15 is 0 Å². The molecule has 1 rings (SSSR count). The third kappa shape index (κ3) is 3.16. The summed E-state index contributed by atoms with van der Waals surface area (Å²) in [6.45, 7) is 4.66. The zero-order chi connectivity index (χ0) is 12.2. The standard InChI is InChI=1S/C10H21NO4S/c1-3-15-10-5-4-6-11(7-10)16(13,14)9(2)8-12/h9-10,12H,3-8H2,1-2H3. The van der Waals surface area contributed by atoms with E-state index in [0.717, 1.165) is 12.8 Å². The van der Waals surface area contributed by atoms with Crippen LogP contribution >= 0.6 is 0 Å². The first kappa shape index (κ1) is 13.9. The fourth-order valence-corrected chi connectivity index (χ4v) is 3.31. The first-order valence-corrected chi connectivity index (χ1v) is 7.24. The summed E-state index contributed by atoms with van der Waals surface area (Å²) in [6, 6.07) is 0. The van der Waals surface area contributed by atoms with Crippen molar-refractivity contribution in [3.63, 3.8) is 0 Å². The van der Waals surface area contributed by atoms with Crippen molar-refractivity contribution in [2.75, 3.05) is 26.3 Å². The van der Waals surface area contributed by atoms with Gasteiger partial charge in [-0.2, -0.15) is 4.31 Å². The molecule has 16 heavy (non-hydrogen) atoms. The molecule has 0 aromatic heterocycles. The topological polar surface area (TPSA) is 66.8 Å². The minimum absolute atomic E-state index is 0.000539. The highest BCUT2D eigenvalue weighted by atomic mass is 32.2. The van der Waals surface area contributed by atoms with Gasteiger partial charge in [-0.25, -0.2) is 8.42 Å². The molecule has 0 amide bonds. The van der Waals surface area contributed by atoms with Gasteiger partial charge in [0, 0.05) is 19.7 Å². The predicted molar refractivity (Wildman–Crippen MR) is 61.7 cm³/mol. The largest absolute Gasteiger partial charge is 0.395 e. The smallest absolute Gasteiger partial charge is 0.219 e. The van der Waals surface area contributed by atoms with E-state index in [-0.39, 0.29) is 12.7 Å². The van der Waals surface area contributed by atoms with E-state index in [9.17, 15) is 8.42 Å². The Morgan fingerprint density at radius 1 is 1.56 bits per heavy atom. The van der Waals surface area contributed by atoms with Crippen molar-refractivity contribution in [2.45, 2.75) is 38.0 Å². The number of nitrogens with zero attached hydrogens (tertiary/aromatic N) is 1. The molecular formula is C10H21NO4S. The van der Waals surface area contributed by atoms with Gasteiger partial charge in [0.15, 0.2) is 0 Å². The fraction of sp³-hybridized carbons (Fsp3) is 1.00. The maximum atomic E-state index is 12.0. The number of rotatable bonds is 5. The summed E-state index contributed by atoms with van der Waals surface area (Å²) in [5.74, 6) is 0. The molecule has 1 aliphatic heterocycles. The lowest BCUT2D eigenvalue weighted by Crippen LogP contribution is -2.47. The monoisotopic (exact) mass is 251 g/mol. The lowest BCUT2D eigenvalue weighted by molar-refractivity contribution is 0.0262. The van der Waals surface area contributed by atoms with E-state index in [1.54, 1.807) is 0 Å². The van der Waals surface area contributed by atoms with Crippen molar-refractivity contribution in [2.24, 2.45) is 0 Å². The van der Waals surface area contributed by atoms with Crippen LogP contribution in [0.25, 0.3) is 0 Å². The average molecular weight is 251 g/mol. The Morgan fingerprint density at radius 2 is 2.25 bits per heavy atom. The molecule has 0 bridgehead atoms. The molecule has 0 saturated carbocycles. The fourth-order valence-electron chi connectivity index (χ4n) is 1.86. The SMILES string of the molecule is CCOC1CCCN(S(=O)(=O)C(C)CO)C1. The number of hydrogen-bond donors (Lipinski definition) is 1. The van der Waals surface area contributed by atoms with E-state index < -0.39 is 15.3 Å². The Morgan fingerprint density at radius 3 is 2.81 bits per heavy atom. The second-order valence-electron chi connectivity index (χ2n) is 4.12. The second-order valence-corrected chi connectivity index (χ2v) is 6.47. The van der Waals surface area contributed by atoms with Gasteiger partial charge in [0.2, 0.25) is 10.0 Å². The van der Waals surface area contributed by atoms with Crippen LogP contribution < -0.4 is 0 Å². The Bertz CT molecular complexity index is 302. The van der Waals surface area contributed by atoms with Crippen molar-refractivity contribution < 1.29 is 18.3 Å². The predicted octanol–water partition coefficient (Wildman–Crippen LogP) is 0.198. The van der Waals surface area contributed by atoms with Crippen LogP contribution in [0.3, 0.4) is 0 Å². The molecule has 1 heterocycles. The molecule has 2 atom stereocenters. The van der Waals surface area contributed by atoms with Crippen molar-refractivity contribution >= 4 is 10.0 Å². The van der Waals surface area contributed by atoms with Gasteiger partial charge in [0.25, 0.3) is 0 Å². The zero-order valence-corrected chi connectivity index (χ0v) is 10.7. The van der Waals surface area contributed by atoms with Crippen molar-refractivity contribution in [3.8, 4) is 0 Å². The number of aliphatic hydroxyl groups is 1. The number of ether oxygens (including phenoxy) is 1.